The van der Waals surface area contributed by atoms with Crippen LogP contribution in [0.3, 0.4) is 0 Å². The van der Waals surface area contributed by atoms with Crippen molar-refractivity contribution in [1.82, 2.24) is 0 Å². The van der Waals surface area contributed by atoms with Gasteiger partial charge in [0.2, 0.25) is 0 Å². The summed E-state index contributed by atoms with van der Waals surface area (Å²) in [6.45, 7) is 12.0. The summed E-state index contributed by atoms with van der Waals surface area (Å²) in [6, 6.07) is 8.73. The molecule has 0 amide bonds. The Bertz CT molecular complexity index is 330. The minimum Gasteiger partial charge on any atom is -0.384 e. The lowest BCUT2D eigenvalue weighted by atomic mass is 9.71. The fourth-order valence-electron chi connectivity index (χ4n) is 2.66. The summed E-state index contributed by atoms with van der Waals surface area (Å²) in [7, 11) is 0. The van der Waals surface area contributed by atoms with Crippen LogP contribution in [-0.4, -0.2) is 6.54 Å². The zero-order valence-corrected chi connectivity index (χ0v) is 11.3. The Morgan fingerprint density at radius 1 is 1.25 bits per heavy atom. The van der Waals surface area contributed by atoms with Crippen molar-refractivity contribution in [1.29, 1.82) is 0 Å². The Labute approximate surface area is 100 Å². The highest BCUT2D eigenvalue weighted by atomic mass is 14.9. The Balaban J connectivity index is 0.000000606. The number of hydrogen-bond acceptors (Lipinski definition) is 1. The third kappa shape index (κ3) is 1.95. The first-order chi connectivity index (χ1) is 7.70. The van der Waals surface area contributed by atoms with Gasteiger partial charge in [-0.2, -0.15) is 0 Å². The molecule has 1 nitrogen and oxygen atoms in total. The van der Waals surface area contributed by atoms with Crippen LogP contribution in [0, 0.1) is 5.92 Å². The Hall–Kier alpha value is -0.980. The topological polar surface area (TPSA) is 12.0 Å². The molecular weight excluding hydrogens is 194 g/mol. The van der Waals surface area contributed by atoms with E-state index < -0.39 is 0 Å². The zero-order valence-electron chi connectivity index (χ0n) is 11.3. The lowest BCUT2D eigenvalue weighted by Gasteiger charge is -2.32. The van der Waals surface area contributed by atoms with E-state index in [9.17, 15) is 0 Å². The Morgan fingerprint density at radius 2 is 1.88 bits per heavy atom. The van der Waals surface area contributed by atoms with Crippen LogP contribution in [0.2, 0.25) is 0 Å². The smallest absolute Gasteiger partial charge is 0.0379 e. The molecule has 1 aromatic rings. The first-order valence-electron chi connectivity index (χ1n) is 6.54. The maximum Gasteiger partial charge on any atom is 0.0379 e. The molecule has 0 fully saturated rings. The minimum absolute atomic E-state index is 0.358. The van der Waals surface area contributed by atoms with E-state index in [1.54, 1.807) is 0 Å². The van der Waals surface area contributed by atoms with Crippen molar-refractivity contribution in [2.75, 3.05) is 11.9 Å². The van der Waals surface area contributed by atoms with Gasteiger partial charge in [-0.05, 0) is 24.0 Å². The van der Waals surface area contributed by atoms with Gasteiger partial charge in [0, 0.05) is 17.6 Å². The average molecular weight is 219 g/mol. The van der Waals surface area contributed by atoms with Crippen LogP contribution in [0.4, 0.5) is 5.69 Å². The molecular formula is C15H25N. The lowest BCUT2D eigenvalue weighted by Crippen LogP contribution is -2.33. The van der Waals surface area contributed by atoms with E-state index in [0.717, 1.165) is 6.54 Å². The fraction of sp³-hybridized carbons (Fsp3) is 0.600. The molecule has 0 radical (unpaired) electrons. The largest absolute Gasteiger partial charge is 0.384 e. The van der Waals surface area contributed by atoms with Gasteiger partial charge in [0.15, 0.2) is 0 Å². The van der Waals surface area contributed by atoms with Crippen LogP contribution < -0.4 is 5.32 Å². The third-order valence-corrected chi connectivity index (χ3v) is 3.79. The number of hydrogen-bond donors (Lipinski definition) is 1. The minimum atomic E-state index is 0.358. The molecule has 0 saturated heterocycles. The summed E-state index contributed by atoms with van der Waals surface area (Å²) < 4.78 is 0. The standard InChI is InChI=1S/C13H19N.C2H6/c1-4-13(10(2)3)9-14-12-8-6-5-7-11(12)13;1-2/h5-8,10,14H,4,9H2,1-3H3;1-2H3. The maximum absolute atomic E-state index is 3.52. The van der Waals surface area contributed by atoms with Crippen molar-refractivity contribution in [3.8, 4) is 0 Å². The van der Waals surface area contributed by atoms with Gasteiger partial charge in [-0.1, -0.05) is 52.8 Å². The molecule has 1 heteroatoms. The van der Waals surface area contributed by atoms with Gasteiger partial charge in [0.1, 0.15) is 0 Å². The highest BCUT2D eigenvalue weighted by Crippen LogP contribution is 2.43. The van der Waals surface area contributed by atoms with Crippen LogP contribution in [0.25, 0.3) is 0 Å². The second kappa shape index (κ2) is 5.38. The van der Waals surface area contributed by atoms with Gasteiger partial charge < -0.3 is 5.32 Å². The molecule has 0 saturated carbocycles. The molecule has 90 valence electrons. The number of anilines is 1. The van der Waals surface area contributed by atoms with Gasteiger partial charge >= 0.3 is 0 Å². The number of para-hydroxylation sites is 1. The summed E-state index contributed by atoms with van der Waals surface area (Å²) in [4.78, 5) is 0. The first kappa shape index (κ1) is 13.1. The monoisotopic (exact) mass is 219 g/mol. The summed E-state index contributed by atoms with van der Waals surface area (Å²) in [5.74, 6) is 0.698. The predicted molar refractivity (Wildman–Crippen MR) is 73.1 cm³/mol. The van der Waals surface area contributed by atoms with Crippen molar-refractivity contribution in [3.63, 3.8) is 0 Å². The van der Waals surface area contributed by atoms with Crippen LogP contribution in [0.5, 0.6) is 0 Å². The van der Waals surface area contributed by atoms with Crippen molar-refractivity contribution in [2.24, 2.45) is 5.92 Å². The van der Waals surface area contributed by atoms with Crippen LogP contribution in [-0.2, 0) is 5.41 Å². The quantitative estimate of drug-likeness (QED) is 0.775. The Morgan fingerprint density at radius 3 is 2.44 bits per heavy atom. The van der Waals surface area contributed by atoms with Gasteiger partial charge in [-0.25, -0.2) is 0 Å². The van der Waals surface area contributed by atoms with E-state index in [1.165, 1.54) is 17.7 Å². The average Bonchev–Trinajstić information content (AvgIpc) is 2.72. The summed E-state index contributed by atoms with van der Waals surface area (Å²) in [6.07, 6.45) is 1.22. The van der Waals surface area contributed by atoms with Crippen LogP contribution in [0.1, 0.15) is 46.6 Å². The number of fused-ring (bicyclic) bond motifs is 1. The summed E-state index contributed by atoms with van der Waals surface area (Å²) in [5.41, 5.74) is 3.21. The summed E-state index contributed by atoms with van der Waals surface area (Å²) in [5, 5.41) is 3.52. The highest BCUT2D eigenvalue weighted by Gasteiger charge is 2.39. The second-order valence-corrected chi connectivity index (χ2v) is 4.56. The SMILES string of the molecule is CC.CCC1(C(C)C)CNc2ccccc21. The molecule has 0 aromatic heterocycles. The van der Waals surface area contributed by atoms with Crippen molar-refractivity contribution in [3.05, 3.63) is 29.8 Å². The fourth-order valence-corrected chi connectivity index (χ4v) is 2.66. The molecule has 0 spiro atoms. The molecule has 1 aliphatic rings. The molecule has 1 N–H and O–H groups in total. The van der Waals surface area contributed by atoms with Gasteiger partial charge in [0.25, 0.3) is 0 Å². The molecule has 2 rings (SSSR count). The molecule has 0 aliphatic carbocycles. The molecule has 1 aliphatic heterocycles. The van der Waals surface area contributed by atoms with Crippen molar-refractivity contribution < 1.29 is 0 Å². The van der Waals surface area contributed by atoms with Gasteiger partial charge in [0.05, 0.1) is 0 Å². The van der Waals surface area contributed by atoms with E-state index in [4.69, 9.17) is 0 Å². The molecule has 1 unspecified atom stereocenters. The van der Waals surface area contributed by atoms with E-state index in [-0.39, 0.29) is 0 Å². The van der Waals surface area contributed by atoms with E-state index >= 15 is 0 Å². The first-order valence-corrected chi connectivity index (χ1v) is 6.54. The van der Waals surface area contributed by atoms with Crippen molar-refractivity contribution in [2.45, 2.75) is 46.5 Å². The maximum atomic E-state index is 3.52. The lowest BCUT2D eigenvalue weighted by molar-refractivity contribution is 0.326. The van der Waals surface area contributed by atoms with Crippen LogP contribution in [0.15, 0.2) is 24.3 Å². The molecule has 1 aromatic carbocycles. The highest BCUT2D eigenvalue weighted by molar-refractivity contribution is 5.60. The Kier molecular flexibility index (Phi) is 4.40. The van der Waals surface area contributed by atoms with E-state index in [2.05, 4.69) is 50.4 Å². The number of nitrogens with one attached hydrogen (secondary N) is 1. The third-order valence-electron chi connectivity index (χ3n) is 3.79. The van der Waals surface area contributed by atoms with E-state index in [0.29, 0.717) is 11.3 Å². The molecule has 1 atom stereocenters. The molecule has 16 heavy (non-hydrogen) atoms. The molecule has 0 bridgehead atoms. The normalized spacial score (nSPS) is 22.1. The molecule has 1 heterocycles. The summed E-state index contributed by atoms with van der Waals surface area (Å²) >= 11 is 0. The second-order valence-electron chi connectivity index (χ2n) is 4.56. The van der Waals surface area contributed by atoms with Gasteiger partial charge in [-0.3, -0.25) is 0 Å². The van der Waals surface area contributed by atoms with Gasteiger partial charge in [-0.15, -0.1) is 0 Å². The number of rotatable bonds is 2. The van der Waals surface area contributed by atoms with Crippen molar-refractivity contribution >= 4 is 5.69 Å². The zero-order chi connectivity index (χ0) is 12.2. The van der Waals surface area contributed by atoms with E-state index in [1.807, 2.05) is 13.8 Å². The number of benzene rings is 1. The predicted octanol–water partition coefficient (Wildman–Crippen LogP) is 4.44. The van der Waals surface area contributed by atoms with Crippen LogP contribution >= 0.6 is 0 Å².